The molecule has 68 valence electrons. The molecule has 0 aliphatic heterocycles. The standard InChI is InChI=1S/C10H10ClNO/c1-2-5-10(13)12-9-7-4-3-6-8(9)11/h2-7H,1H3,(H,12,13)/b5-2+. The number of amides is 1. The van der Waals surface area contributed by atoms with Crippen molar-refractivity contribution in [2.45, 2.75) is 6.92 Å². The fraction of sp³-hybridized carbons (Fsp3) is 0.100. The summed E-state index contributed by atoms with van der Waals surface area (Å²) < 4.78 is 0. The Morgan fingerprint density at radius 1 is 1.46 bits per heavy atom. The number of rotatable bonds is 2. The summed E-state index contributed by atoms with van der Waals surface area (Å²) in [5.74, 6) is -0.171. The molecule has 0 radical (unpaired) electrons. The Balaban J connectivity index is 2.74. The van der Waals surface area contributed by atoms with E-state index in [1.165, 1.54) is 6.08 Å². The van der Waals surface area contributed by atoms with Crippen molar-refractivity contribution in [3.05, 3.63) is 41.4 Å². The first-order chi connectivity index (χ1) is 6.24. The molecule has 0 heterocycles. The highest BCUT2D eigenvalue weighted by Crippen LogP contribution is 2.20. The van der Waals surface area contributed by atoms with Crippen LogP contribution in [0.2, 0.25) is 5.02 Å². The largest absolute Gasteiger partial charge is 0.321 e. The van der Waals surface area contributed by atoms with E-state index in [1.807, 2.05) is 12.1 Å². The van der Waals surface area contributed by atoms with Crippen molar-refractivity contribution in [2.24, 2.45) is 0 Å². The quantitative estimate of drug-likeness (QED) is 0.723. The van der Waals surface area contributed by atoms with Crippen LogP contribution in [0, 0.1) is 0 Å². The van der Waals surface area contributed by atoms with Gasteiger partial charge in [0.1, 0.15) is 0 Å². The minimum absolute atomic E-state index is 0.171. The molecule has 0 aromatic heterocycles. The molecule has 0 aliphatic carbocycles. The second kappa shape index (κ2) is 4.67. The van der Waals surface area contributed by atoms with Gasteiger partial charge in [0.25, 0.3) is 0 Å². The van der Waals surface area contributed by atoms with Gasteiger partial charge in [0, 0.05) is 0 Å². The van der Waals surface area contributed by atoms with Gasteiger partial charge < -0.3 is 5.32 Å². The van der Waals surface area contributed by atoms with Gasteiger partial charge >= 0.3 is 0 Å². The topological polar surface area (TPSA) is 29.1 Å². The molecule has 13 heavy (non-hydrogen) atoms. The Hall–Kier alpha value is -1.28. The van der Waals surface area contributed by atoms with E-state index < -0.39 is 0 Å². The van der Waals surface area contributed by atoms with Crippen LogP contribution in [-0.2, 0) is 4.79 Å². The average Bonchev–Trinajstić information content (AvgIpc) is 2.09. The van der Waals surface area contributed by atoms with E-state index in [2.05, 4.69) is 5.32 Å². The smallest absolute Gasteiger partial charge is 0.248 e. The van der Waals surface area contributed by atoms with Crippen molar-refractivity contribution >= 4 is 23.2 Å². The second-order valence-electron chi connectivity index (χ2n) is 2.47. The van der Waals surface area contributed by atoms with E-state index >= 15 is 0 Å². The zero-order valence-electron chi connectivity index (χ0n) is 7.25. The third-order valence-electron chi connectivity index (χ3n) is 1.45. The molecule has 0 fully saturated rings. The first-order valence-corrected chi connectivity index (χ1v) is 4.30. The van der Waals surface area contributed by atoms with E-state index in [9.17, 15) is 4.79 Å². The molecule has 1 amide bonds. The molecule has 0 saturated carbocycles. The molecular weight excluding hydrogens is 186 g/mol. The zero-order chi connectivity index (χ0) is 9.68. The van der Waals surface area contributed by atoms with Gasteiger partial charge in [-0.1, -0.05) is 29.8 Å². The Bertz CT molecular complexity index is 333. The lowest BCUT2D eigenvalue weighted by Gasteiger charge is -2.03. The van der Waals surface area contributed by atoms with Gasteiger partial charge in [-0.3, -0.25) is 4.79 Å². The second-order valence-corrected chi connectivity index (χ2v) is 2.88. The minimum Gasteiger partial charge on any atom is -0.321 e. The third kappa shape index (κ3) is 2.92. The molecule has 0 bridgehead atoms. The Morgan fingerprint density at radius 2 is 2.15 bits per heavy atom. The van der Waals surface area contributed by atoms with Crippen molar-refractivity contribution in [2.75, 3.05) is 5.32 Å². The third-order valence-corrected chi connectivity index (χ3v) is 1.78. The number of nitrogens with one attached hydrogen (secondary N) is 1. The number of halogens is 1. The summed E-state index contributed by atoms with van der Waals surface area (Å²) in [5, 5.41) is 3.20. The summed E-state index contributed by atoms with van der Waals surface area (Å²) in [5.41, 5.74) is 0.632. The number of anilines is 1. The first kappa shape index (κ1) is 9.81. The average molecular weight is 196 g/mol. The predicted octanol–water partition coefficient (Wildman–Crippen LogP) is 2.85. The van der Waals surface area contributed by atoms with E-state index in [4.69, 9.17) is 11.6 Å². The van der Waals surface area contributed by atoms with Crippen LogP contribution in [0.5, 0.6) is 0 Å². The van der Waals surface area contributed by atoms with Crippen LogP contribution in [0.4, 0.5) is 5.69 Å². The first-order valence-electron chi connectivity index (χ1n) is 3.92. The SMILES string of the molecule is C/C=C/C(=O)Nc1ccccc1Cl. The highest BCUT2D eigenvalue weighted by molar-refractivity contribution is 6.33. The van der Waals surface area contributed by atoms with Gasteiger partial charge in [-0.15, -0.1) is 0 Å². The van der Waals surface area contributed by atoms with E-state index in [0.29, 0.717) is 10.7 Å². The maximum absolute atomic E-state index is 11.1. The van der Waals surface area contributed by atoms with Crippen LogP contribution < -0.4 is 5.32 Å². The molecule has 0 unspecified atom stereocenters. The van der Waals surface area contributed by atoms with E-state index in [1.54, 1.807) is 25.1 Å². The molecular formula is C10H10ClNO. The Kier molecular flexibility index (Phi) is 3.53. The molecule has 1 aromatic carbocycles. The fourth-order valence-corrected chi connectivity index (χ4v) is 1.07. The van der Waals surface area contributed by atoms with Crippen molar-refractivity contribution in [3.63, 3.8) is 0 Å². The van der Waals surface area contributed by atoms with Gasteiger partial charge in [-0.25, -0.2) is 0 Å². The lowest BCUT2D eigenvalue weighted by molar-refractivity contribution is -0.111. The van der Waals surface area contributed by atoms with E-state index in [0.717, 1.165) is 0 Å². The Labute approximate surface area is 82.2 Å². The number of hydrogen-bond acceptors (Lipinski definition) is 1. The number of benzene rings is 1. The molecule has 1 aromatic rings. The highest BCUT2D eigenvalue weighted by Gasteiger charge is 2.00. The van der Waals surface area contributed by atoms with Crippen LogP contribution in [-0.4, -0.2) is 5.91 Å². The predicted molar refractivity (Wildman–Crippen MR) is 54.9 cm³/mol. The minimum atomic E-state index is -0.171. The zero-order valence-corrected chi connectivity index (χ0v) is 8.01. The maximum Gasteiger partial charge on any atom is 0.248 e. The fourth-order valence-electron chi connectivity index (χ4n) is 0.888. The number of carbonyl (C=O) groups excluding carboxylic acids is 1. The van der Waals surface area contributed by atoms with Crippen LogP contribution in [0.1, 0.15) is 6.92 Å². The van der Waals surface area contributed by atoms with Gasteiger partial charge in [-0.05, 0) is 25.1 Å². The van der Waals surface area contributed by atoms with Crippen LogP contribution in [0.3, 0.4) is 0 Å². The normalized spacial score (nSPS) is 10.3. The molecule has 1 rings (SSSR count). The van der Waals surface area contributed by atoms with Crippen molar-refractivity contribution < 1.29 is 4.79 Å². The summed E-state index contributed by atoms with van der Waals surface area (Å²) in [6.45, 7) is 1.78. The lowest BCUT2D eigenvalue weighted by atomic mass is 10.3. The van der Waals surface area contributed by atoms with Crippen molar-refractivity contribution in [1.82, 2.24) is 0 Å². The highest BCUT2D eigenvalue weighted by atomic mass is 35.5. The molecule has 0 aliphatic rings. The van der Waals surface area contributed by atoms with Crippen LogP contribution in [0.15, 0.2) is 36.4 Å². The van der Waals surface area contributed by atoms with Gasteiger partial charge in [0.15, 0.2) is 0 Å². The Morgan fingerprint density at radius 3 is 2.77 bits per heavy atom. The molecule has 3 heteroatoms. The molecule has 2 nitrogen and oxygen atoms in total. The van der Waals surface area contributed by atoms with Gasteiger partial charge in [0.2, 0.25) is 5.91 Å². The van der Waals surface area contributed by atoms with Crippen molar-refractivity contribution in [1.29, 1.82) is 0 Å². The molecule has 0 saturated heterocycles. The van der Waals surface area contributed by atoms with E-state index in [-0.39, 0.29) is 5.91 Å². The van der Waals surface area contributed by atoms with Gasteiger partial charge in [-0.2, -0.15) is 0 Å². The lowest BCUT2D eigenvalue weighted by Crippen LogP contribution is -2.07. The van der Waals surface area contributed by atoms with Crippen molar-refractivity contribution in [3.8, 4) is 0 Å². The number of carbonyl (C=O) groups is 1. The van der Waals surface area contributed by atoms with Gasteiger partial charge in [0.05, 0.1) is 10.7 Å². The summed E-state index contributed by atoms with van der Waals surface area (Å²) >= 11 is 5.83. The summed E-state index contributed by atoms with van der Waals surface area (Å²) in [4.78, 5) is 11.1. The summed E-state index contributed by atoms with van der Waals surface area (Å²) in [7, 11) is 0. The number of hydrogen-bond donors (Lipinski definition) is 1. The number of para-hydroxylation sites is 1. The molecule has 1 N–H and O–H groups in total. The summed E-state index contributed by atoms with van der Waals surface area (Å²) in [6, 6.07) is 7.11. The van der Waals surface area contributed by atoms with Crippen LogP contribution >= 0.6 is 11.6 Å². The molecule has 0 spiro atoms. The maximum atomic E-state index is 11.1. The summed E-state index contributed by atoms with van der Waals surface area (Å²) in [6.07, 6.45) is 3.12. The monoisotopic (exact) mass is 195 g/mol. The molecule has 0 atom stereocenters. The number of allylic oxidation sites excluding steroid dienone is 1. The van der Waals surface area contributed by atoms with Crippen LogP contribution in [0.25, 0.3) is 0 Å².